The van der Waals surface area contributed by atoms with Crippen molar-refractivity contribution in [2.24, 2.45) is 10.7 Å². The van der Waals surface area contributed by atoms with E-state index in [0.29, 0.717) is 36.6 Å². The van der Waals surface area contributed by atoms with Crippen LogP contribution in [-0.4, -0.2) is 110 Å². The molecule has 0 aliphatic carbocycles. The van der Waals surface area contributed by atoms with Crippen LogP contribution in [0.4, 0.5) is 5.69 Å². The number of piperazine rings is 1. The number of anilines is 1. The highest BCUT2D eigenvalue weighted by Crippen LogP contribution is 2.33. The Balaban J connectivity index is 1.30. The molecule has 0 unspecified atom stereocenters. The highest BCUT2D eigenvalue weighted by Gasteiger charge is 2.21. The lowest BCUT2D eigenvalue weighted by atomic mass is 10.2. The summed E-state index contributed by atoms with van der Waals surface area (Å²) in [5.41, 5.74) is 6.68. The molecule has 0 amide bonds. The monoisotopic (exact) mass is 525 g/mol. The maximum absolute atomic E-state index is 5.72. The predicted molar refractivity (Wildman–Crippen MR) is 144 cm³/mol. The predicted octanol–water partition coefficient (Wildman–Crippen LogP) is 1.53. The first-order chi connectivity index (χ1) is 18.6. The van der Waals surface area contributed by atoms with Gasteiger partial charge >= 0.3 is 0 Å². The number of methoxy groups -OCH3 is 2. The van der Waals surface area contributed by atoms with Gasteiger partial charge in [-0.2, -0.15) is 0 Å². The molecule has 3 heterocycles. The number of aliphatic imine (C=N–C) groups is 1. The number of aromatic amines is 1. The summed E-state index contributed by atoms with van der Waals surface area (Å²) in [4.78, 5) is 19.6. The van der Waals surface area contributed by atoms with E-state index in [9.17, 15) is 0 Å². The van der Waals surface area contributed by atoms with Gasteiger partial charge in [-0.1, -0.05) is 0 Å². The van der Waals surface area contributed by atoms with E-state index in [-0.39, 0.29) is 0 Å². The van der Waals surface area contributed by atoms with Gasteiger partial charge in [0.2, 0.25) is 5.82 Å². The van der Waals surface area contributed by atoms with E-state index >= 15 is 0 Å². The van der Waals surface area contributed by atoms with Crippen molar-refractivity contribution in [3.8, 4) is 23.2 Å². The average molecular weight is 526 g/mol. The Bertz CT molecular complexity index is 1190. The molecular weight excluding hydrogens is 490 g/mol. The number of likely N-dealkylation sites (N-methyl/N-ethyl adjacent to an activating group) is 1. The Labute approximate surface area is 221 Å². The van der Waals surface area contributed by atoms with Crippen LogP contribution >= 0.6 is 0 Å². The van der Waals surface area contributed by atoms with Gasteiger partial charge in [0, 0.05) is 65.6 Å². The molecule has 1 saturated heterocycles. The zero-order chi connectivity index (χ0) is 26.7. The molecule has 0 spiro atoms. The molecule has 1 aromatic carbocycles. The molecule has 0 radical (unpaired) electrons. The maximum Gasteiger partial charge on any atom is 0.266 e. The van der Waals surface area contributed by atoms with Crippen LogP contribution in [0.2, 0.25) is 0 Å². The largest absolute Gasteiger partial charge is 0.494 e. The number of oxazole rings is 1. The quantitative estimate of drug-likeness (QED) is 0.190. The number of rotatable bonds is 13. The molecule has 4 rings (SSSR count). The molecule has 3 N–H and O–H groups in total. The number of nitrogens with two attached hydrogens (primary N) is 1. The van der Waals surface area contributed by atoms with Crippen molar-refractivity contribution in [2.45, 2.75) is 0 Å². The van der Waals surface area contributed by atoms with Gasteiger partial charge in [0.15, 0.2) is 5.82 Å². The van der Waals surface area contributed by atoms with Gasteiger partial charge in [-0.3, -0.25) is 10.00 Å². The number of hydrogen-bond acceptors (Lipinski definition) is 11. The first-order valence-electron chi connectivity index (χ1n) is 12.4. The summed E-state index contributed by atoms with van der Waals surface area (Å²) in [7, 11) is 5.32. The topological polar surface area (TPSA) is 143 Å². The van der Waals surface area contributed by atoms with E-state index in [0.717, 1.165) is 56.5 Å². The molecule has 204 valence electrons. The fourth-order valence-electron chi connectivity index (χ4n) is 4.08. The van der Waals surface area contributed by atoms with E-state index in [1.165, 1.54) is 12.6 Å². The molecule has 2 aromatic heterocycles. The van der Waals surface area contributed by atoms with Crippen LogP contribution < -0.4 is 20.1 Å². The average Bonchev–Trinajstić information content (AvgIpc) is 3.64. The van der Waals surface area contributed by atoms with Crippen LogP contribution in [0.1, 0.15) is 5.82 Å². The third-order valence-electron chi connectivity index (χ3n) is 6.16. The van der Waals surface area contributed by atoms with E-state index in [4.69, 9.17) is 24.4 Å². The second kappa shape index (κ2) is 13.4. The summed E-state index contributed by atoms with van der Waals surface area (Å²) in [6.45, 7) is 6.35. The fraction of sp³-hybridized carbons (Fsp3) is 0.440. The van der Waals surface area contributed by atoms with Gasteiger partial charge in [0.05, 0.1) is 31.9 Å². The lowest BCUT2D eigenvalue weighted by Gasteiger charge is -2.37. The zero-order valence-electron chi connectivity index (χ0n) is 22.0. The van der Waals surface area contributed by atoms with Gasteiger partial charge in [-0.05, 0) is 12.1 Å². The van der Waals surface area contributed by atoms with Gasteiger partial charge < -0.3 is 34.2 Å². The van der Waals surface area contributed by atoms with Gasteiger partial charge in [0.1, 0.15) is 30.2 Å². The standard InChI is InChI=1S/C25H35N9O4/c1-32(23(28-18-26)17-22-29-24(31-30-22)25-27-6-13-38-25)7-8-33-9-11-34(12-10-33)20-5-4-19(16-21(20)36-3)37-15-14-35-2/h4-6,13,16-18H,7-12,14-15H2,1-3H3,(H2,26,28)(H,29,30,31)/b23-17+. The molecule has 38 heavy (non-hydrogen) atoms. The van der Waals surface area contributed by atoms with Crippen molar-refractivity contribution in [1.29, 1.82) is 0 Å². The highest BCUT2D eigenvalue weighted by atomic mass is 16.5. The van der Waals surface area contributed by atoms with Crippen LogP contribution in [0.3, 0.4) is 0 Å². The van der Waals surface area contributed by atoms with Crippen LogP contribution in [0.5, 0.6) is 11.5 Å². The number of hydrogen-bond donors (Lipinski definition) is 2. The van der Waals surface area contributed by atoms with Gasteiger partial charge in [-0.25, -0.2) is 15.0 Å². The lowest BCUT2D eigenvalue weighted by molar-refractivity contribution is 0.146. The number of benzene rings is 1. The van der Waals surface area contributed by atoms with Crippen molar-refractivity contribution in [3.05, 3.63) is 42.3 Å². The van der Waals surface area contributed by atoms with E-state index in [1.807, 2.05) is 24.1 Å². The summed E-state index contributed by atoms with van der Waals surface area (Å²) in [5, 5.41) is 7.01. The summed E-state index contributed by atoms with van der Waals surface area (Å²) in [6.07, 6.45) is 6.08. The minimum absolute atomic E-state index is 0.348. The minimum atomic E-state index is 0.348. The Morgan fingerprint density at radius 2 is 2.08 bits per heavy atom. The van der Waals surface area contributed by atoms with Gasteiger partial charge in [-0.15, -0.1) is 5.10 Å². The van der Waals surface area contributed by atoms with E-state index in [1.54, 1.807) is 26.5 Å². The molecule has 0 atom stereocenters. The van der Waals surface area contributed by atoms with Crippen LogP contribution in [0.15, 0.2) is 45.9 Å². The SMILES string of the molecule is COCCOc1ccc(N2CCN(CCN(C)C(=C/c3nc(-c4ncco4)n[nH]3)/N=C/N)CC2)c(OC)c1. The normalized spacial score (nSPS) is 14.8. The van der Waals surface area contributed by atoms with Crippen molar-refractivity contribution < 1.29 is 18.6 Å². The van der Waals surface area contributed by atoms with Crippen LogP contribution in [0.25, 0.3) is 17.8 Å². The van der Waals surface area contributed by atoms with Crippen molar-refractivity contribution in [1.82, 2.24) is 30.0 Å². The van der Waals surface area contributed by atoms with Gasteiger partial charge in [0.25, 0.3) is 5.89 Å². The Morgan fingerprint density at radius 1 is 1.24 bits per heavy atom. The van der Waals surface area contributed by atoms with Crippen LogP contribution in [-0.2, 0) is 4.74 Å². The molecule has 0 bridgehead atoms. The number of H-pyrrole nitrogens is 1. The molecule has 13 nitrogen and oxygen atoms in total. The maximum atomic E-state index is 5.72. The lowest BCUT2D eigenvalue weighted by Crippen LogP contribution is -2.48. The molecule has 1 aliphatic heterocycles. The Morgan fingerprint density at radius 3 is 2.79 bits per heavy atom. The Kier molecular flexibility index (Phi) is 9.54. The first-order valence-corrected chi connectivity index (χ1v) is 12.4. The summed E-state index contributed by atoms with van der Waals surface area (Å²) >= 11 is 0. The molecule has 0 saturated carbocycles. The third-order valence-corrected chi connectivity index (χ3v) is 6.16. The second-order valence-electron chi connectivity index (χ2n) is 8.59. The minimum Gasteiger partial charge on any atom is -0.494 e. The fourth-order valence-corrected chi connectivity index (χ4v) is 4.08. The third kappa shape index (κ3) is 7.01. The molecule has 1 fully saturated rings. The number of aromatic nitrogens is 4. The first kappa shape index (κ1) is 26.9. The number of nitrogens with one attached hydrogen (secondary N) is 1. The summed E-state index contributed by atoms with van der Waals surface area (Å²) < 4.78 is 21.7. The van der Waals surface area contributed by atoms with E-state index in [2.05, 4.69) is 41.0 Å². The van der Waals surface area contributed by atoms with Crippen molar-refractivity contribution in [3.63, 3.8) is 0 Å². The molecule has 3 aromatic rings. The second-order valence-corrected chi connectivity index (χ2v) is 8.59. The molecule has 1 aliphatic rings. The summed E-state index contributed by atoms with van der Waals surface area (Å²) in [5.74, 6) is 3.50. The highest BCUT2D eigenvalue weighted by molar-refractivity contribution is 5.61. The zero-order valence-corrected chi connectivity index (χ0v) is 22.0. The Hall–Kier alpha value is -4.10. The van der Waals surface area contributed by atoms with Crippen molar-refractivity contribution in [2.75, 3.05) is 78.6 Å². The van der Waals surface area contributed by atoms with Crippen LogP contribution in [0, 0.1) is 0 Å². The molecular formula is C25H35N9O4. The van der Waals surface area contributed by atoms with Crippen molar-refractivity contribution >= 4 is 18.1 Å². The molecule has 13 heteroatoms. The number of ether oxygens (including phenoxy) is 3. The number of nitrogens with zero attached hydrogens (tertiary/aromatic N) is 7. The van der Waals surface area contributed by atoms with E-state index < -0.39 is 0 Å². The summed E-state index contributed by atoms with van der Waals surface area (Å²) in [6, 6.07) is 5.97. The smallest absolute Gasteiger partial charge is 0.266 e.